The molecule has 10 nitrogen and oxygen atoms in total. The molecule has 0 saturated carbocycles. The molecule has 0 atom stereocenters. The van der Waals surface area contributed by atoms with Crippen LogP contribution in [0.25, 0.3) is 28.0 Å². The van der Waals surface area contributed by atoms with Crippen molar-refractivity contribution >= 4 is 11.2 Å². The third kappa shape index (κ3) is 3.43. The molecule has 0 amide bonds. The molecule has 0 unspecified atom stereocenters. The molecule has 0 N–H and O–H groups in total. The lowest BCUT2D eigenvalue weighted by Crippen LogP contribution is -2.38. The van der Waals surface area contributed by atoms with Crippen molar-refractivity contribution < 1.29 is 0 Å². The second kappa shape index (κ2) is 8.54. The first kappa shape index (κ1) is 21.5. The highest BCUT2D eigenvalue weighted by Gasteiger charge is 2.19. The lowest BCUT2D eigenvalue weighted by Gasteiger charge is -2.12. The third-order valence-corrected chi connectivity index (χ3v) is 6.05. The highest BCUT2D eigenvalue weighted by molar-refractivity contribution is 5.73. The van der Waals surface area contributed by atoms with E-state index in [-0.39, 0.29) is 11.2 Å². The predicted molar refractivity (Wildman–Crippen MR) is 128 cm³/mol. The summed E-state index contributed by atoms with van der Waals surface area (Å²) in [4.78, 5) is 30.2. The van der Waals surface area contributed by atoms with Crippen molar-refractivity contribution in [3.05, 3.63) is 87.1 Å². The van der Waals surface area contributed by atoms with E-state index >= 15 is 0 Å². The van der Waals surface area contributed by atoms with Crippen LogP contribution in [0.2, 0.25) is 0 Å². The Balaban J connectivity index is 1.56. The number of aryl methyl sites for hydroxylation is 2. The zero-order valence-electron chi connectivity index (χ0n) is 19.2. The first-order valence-corrected chi connectivity index (χ1v) is 11.1. The highest BCUT2D eigenvalue weighted by Crippen LogP contribution is 2.26. The largest absolute Gasteiger partial charge is 0.332 e. The average Bonchev–Trinajstić information content (AvgIpc) is 3.52. The number of benzene rings is 2. The van der Waals surface area contributed by atoms with Gasteiger partial charge in [-0.05, 0) is 34.5 Å². The fraction of sp³-hybridized carbons (Fsp3) is 0.250. The van der Waals surface area contributed by atoms with Gasteiger partial charge >= 0.3 is 5.69 Å². The summed E-state index contributed by atoms with van der Waals surface area (Å²) in [5.74, 6) is 0.771. The van der Waals surface area contributed by atoms with Crippen molar-refractivity contribution in [1.82, 2.24) is 38.9 Å². The summed E-state index contributed by atoms with van der Waals surface area (Å²) < 4.78 is 6.26. The summed E-state index contributed by atoms with van der Waals surface area (Å²) >= 11 is 0. The Morgan fingerprint density at radius 3 is 2.38 bits per heavy atom. The minimum Gasteiger partial charge on any atom is -0.318 e. The van der Waals surface area contributed by atoms with Crippen LogP contribution in [0.4, 0.5) is 0 Å². The van der Waals surface area contributed by atoms with Gasteiger partial charge < -0.3 is 4.57 Å². The number of fused-ring (bicyclic) bond motifs is 1. The molecule has 0 fully saturated rings. The number of rotatable bonds is 6. The van der Waals surface area contributed by atoms with Gasteiger partial charge in [0.1, 0.15) is 12.2 Å². The van der Waals surface area contributed by atoms with Crippen molar-refractivity contribution in [3.8, 4) is 16.8 Å². The highest BCUT2D eigenvalue weighted by atomic mass is 16.2. The molecular formula is C24H24N8O2. The van der Waals surface area contributed by atoms with Crippen LogP contribution in [0.1, 0.15) is 25.2 Å². The lowest BCUT2D eigenvalue weighted by molar-refractivity contribution is 0.649. The normalized spacial score (nSPS) is 11.4. The van der Waals surface area contributed by atoms with E-state index in [4.69, 9.17) is 0 Å². The second-order valence-electron chi connectivity index (χ2n) is 8.00. The molecule has 34 heavy (non-hydrogen) atoms. The van der Waals surface area contributed by atoms with Crippen LogP contribution in [-0.2, 0) is 26.6 Å². The Morgan fingerprint density at radius 1 is 0.941 bits per heavy atom. The van der Waals surface area contributed by atoms with Crippen LogP contribution in [-0.4, -0.2) is 38.9 Å². The van der Waals surface area contributed by atoms with Crippen molar-refractivity contribution in [2.24, 2.45) is 7.05 Å². The van der Waals surface area contributed by atoms with Crippen LogP contribution in [0.5, 0.6) is 0 Å². The summed E-state index contributed by atoms with van der Waals surface area (Å²) in [6, 6.07) is 16.1. The van der Waals surface area contributed by atoms with Gasteiger partial charge in [0.15, 0.2) is 11.2 Å². The van der Waals surface area contributed by atoms with Gasteiger partial charge in [0.2, 0.25) is 0 Å². The molecule has 2 aromatic carbocycles. The van der Waals surface area contributed by atoms with E-state index in [0.717, 1.165) is 32.8 Å². The van der Waals surface area contributed by atoms with Gasteiger partial charge in [-0.2, -0.15) is 4.68 Å². The molecular weight excluding hydrogens is 432 g/mol. The average molecular weight is 457 g/mol. The Labute approximate surface area is 194 Å². The topological polar surface area (TPSA) is 105 Å². The SMILES string of the molecule is CCc1nc2c(c(=O)n(C)c(=O)n2CC)n1Cc1ccc(-c2ccccc2-n2cnnn2)cc1. The molecule has 3 aromatic heterocycles. The van der Waals surface area contributed by atoms with E-state index in [2.05, 4.69) is 20.5 Å². The summed E-state index contributed by atoms with van der Waals surface area (Å²) in [5, 5.41) is 11.5. The van der Waals surface area contributed by atoms with E-state index in [9.17, 15) is 9.59 Å². The molecule has 0 aliphatic heterocycles. The summed E-state index contributed by atoms with van der Waals surface area (Å²) in [6.45, 7) is 4.79. The van der Waals surface area contributed by atoms with E-state index in [1.54, 1.807) is 15.6 Å². The van der Waals surface area contributed by atoms with Crippen LogP contribution in [0.15, 0.2) is 64.4 Å². The van der Waals surface area contributed by atoms with E-state index < -0.39 is 0 Å². The molecule has 0 aliphatic carbocycles. The van der Waals surface area contributed by atoms with Crippen molar-refractivity contribution in [3.63, 3.8) is 0 Å². The summed E-state index contributed by atoms with van der Waals surface area (Å²) in [6.07, 6.45) is 2.22. The lowest BCUT2D eigenvalue weighted by atomic mass is 10.0. The number of hydrogen-bond donors (Lipinski definition) is 0. The van der Waals surface area contributed by atoms with Gasteiger partial charge in [-0.25, -0.2) is 9.78 Å². The maximum atomic E-state index is 13.0. The fourth-order valence-electron chi connectivity index (χ4n) is 4.29. The molecule has 0 aliphatic rings. The summed E-state index contributed by atoms with van der Waals surface area (Å²) in [5.41, 5.74) is 4.15. The third-order valence-electron chi connectivity index (χ3n) is 6.05. The Hall–Kier alpha value is -4.34. The van der Waals surface area contributed by atoms with Crippen molar-refractivity contribution in [1.29, 1.82) is 0 Å². The first-order chi connectivity index (χ1) is 16.5. The van der Waals surface area contributed by atoms with Gasteiger partial charge in [0, 0.05) is 32.1 Å². The predicted octanol–water partition coefficient (Wildman–Crippen LogP) is 2.17. The number of nitrogens with zero attached hydrogens (tertiary/aromatic N) is 8. The van der Waals surface area contributed by atoms with Gasteiger partial charge in [0.25, 0.3) is 5.56 Å². The number of hydrogen-bond acceptors (Lipinski definition) is 6. The van der Waals surface area contributed by atoms with Crippen LogP contribution >= 0.6 is 0 Å². The van der Waals surface area contributed by atoms with Crippen LogP contribution in [0, 0.1) is 0 Å². The maximum absolute atomic E-state index is 13.0. The molecule has 3 heterocycles. The number of aromatic nitrogens is 8. The second-order valence-corrected chi connectivity index (χ2v) is 8.00. The van der Waals surface area contributed by atoms with Crippen LogP contribution < -0.4 is 11.2 Å². The van der Waals surface area contributed by atoms with Gasteiger partial charge in [-0.1, -0.05) is 49.4 Å². The van der Waals surface area contributed by atoms with E-state index in [0.29, 0.717) is 30.7 Å². The minimum absolute atomic E-state index is 0.330. The summed E-state index contributed by atoms with van der Waals surface area (Å²) in [7, 11) is 1.51. The molecule has 5 rings (SSSR count). The molecule has 0 saturated heterocycles. The quantitative estimate of drug-likeness (QED) is 0.388. The molecule has 0 bridgehead atoms. The number of para-hydroxylation sites is 1. The minimum atomic E-state index is -0.349. The smallest absolute Gasteiger partial charge is 0.318 e. The molecule has 0 spiro atoms. The molecule has 172 valence electrons. The molecule has 0 radical (unpaired) electrons. The van der Waals surface area contributed by atoms with E-state index in [1.807, 2.05) is 66.9 Å². The standard InChI is InChI=1S/C24H24N8O2/c1-4-20-26-22-21(23(33)29(3)24(34)30(22)5-2)31(20)14-16-10-12-17(13-11-16)18-8-6-7-9-19(18)32-15-25-27-28-32/h6-13,15H,4-5,14H2,1-3H3. The zero-order valence-corrected chi connectivity index (χ0v) is 19.2. The van der Waals surface area contributed by atoms with Crippen molar-refractivity contribution in [2.45, 2.75) is 33.4 Å². The number of tetrazole rings is 1. The zero-order chi connectivity index (χ0) is 23.8. The first-order valence-electron chi connectivity index (χ1n) is 11.1. The Bertz CT molecular complexity index is 1590. The van der Waals surface area contributed by atoms with Crippen molar-refractivity contribution in [2.75, 3.05) is 0 Å². The molecule has 5 aromatic rings. The number of imidazole rings is 1. The molecule has 10 heteroatoms. The Kier molecular flexibility index (Phi) is 5.40. The van der Waals surface area contributed by atoms with Gasteiger partial charge in [-0.15, -0.1) is 5.10 Å². The monoisotopic (exact) mass is 456 g/mol. The maximum Gasteiger partial charge on any atom is 0.332 e. The fourth-order valence-corrected chi connectivity index (χ4v) is 4.29. The van der Waals surface area contributed by atoms with Gasteiger partial charge in [-0.3, -0.25) is 13.9 Å². The van der Waals surface area contributed by atoms with Gasteiger partial charge in [0.05, 0.1) is 5.69 Å². The Morgan fingerprint density at radius 2 is 1.71 bits per heavy atom. The van der Waals surface area contributed by atoms with Crippen LogP contribution in [0.3, 0.4) is 0 Å². The van der Waals surface area contributed by atoms with E-state index in [1.165, 1.54) is 7.05 Å².